The second-order valence-corrected chi connectivity index (χ2v) is 11.7. The lowest BCUT2D eigenvalue weighted by Crippen LogP contribution is -1.98. The largest absolute Gasteiger partial charge is 0.506 e. The third-order valence-corrected chi connectivity index (χ3v) is 8.00. The molecule has 0 spiro atoms. The smallest absolute Gasteiger partial charge is 0.138 e. The van der Waals surface area contributed by atoms with Crippen molar-refractivity contribution in [2.24, 2.45) is 0 Å². The summed E-state index contributed by atoms with van der Waals surface area (Å²) in [6.45, 7) is 0. The van der Waals surface area contributed by atoms with Crippen molar-refractivity contribution in [2.75, 3.05) is 11.5 Å². The van der Waals surface area contributed by atoms with Crippen molar-refractivity contribution in [1.29, 1.82) is 0 Å². The van der Waals surface area contributed by atoms with Crippen molar-refractivity contribution in [2.45, 2.75) is 0 Å². The van der Waals surface area contributed by atoms with Crippen LogP contribution in [0.1, 0.15) is 33.4 Å². The summed E-state index contributed by atoms with van der Waals surface area (Å²) in [7, 11) is 0. The first-order chi connectivity index (χ1) is 25.4. The maximum atomic E-state index is 10.2. The molecular formula is C46H30N2O4. The Hall–Kier alpha value is -7.72. The molecule has 0 heterocycles. The molecule has 7 aromatic rings. The van der Waals surface area contributed by atoms with E-state index in [4.69, 9.17) is 20.9 Å². The van der Waals surface area contributed by atoms with Crippen molar-refractivity contribution < 1.29 is 19.7 Å². The molecule has 0 aliphatic heterocycles. The minimum Gasteiger partial charge on any atom is -0.506 e. The molecule has 0 radical (unpaired) electrons. The summed E-state index contributed by atoms with van der Waals surface area (Å²) < 4.78 is 13.1. The van der Waals surface area contributed by atoms with Crippen LogP contribution in [-0.2, 0) is 0 Å². The van der Waals surface area contributed by atoms with Crippen LogP contribution in [0.25, 0.3) is 10.8 Å². The zero-order valence-corrected chi connectivity index (χ0v) is 27.7. The maximum absolute atomic E-state index is 10.2. The SMILES string of the molecule is Nc1cc(Oc2cc(C#Cc3ccccc3)c(C#Cc3ccccc3)c3c(Oc4ccc(O)c(N)c4)ccc(C#Cc4ccccc4)c23)ccc1O. The van der Waals surface area contributed by atoms with Gasteiger partial charge in [-0.2, -0.15) is 0 Å². The Balaban J connectivity index is 1.57. The lowest BCUT2D eigenvalue weighted by molar-refractivity contribution is 0.467. The summed E-state index contributed by atoms with van der Waals surface area (Å²) in [5.41, 5.74) is 16.7. The number of nitrogens with two attached hydrogens (primary N) is 2. The quantitative estimate of drug-likeness (QED) is 0.0842. The summed E-state index contributed by atoms with van der Waals surface area (Å²) in [4.78, 5) is 0. The Morgan fingerprint density at radius 1 is 0.404 bits per heavy atom. The Kier molecular flexibility index (Phi) is 9.34. The van der Waals surface area contributed by atoms with Crippen molar-refractivity contribution >= 4 is 22.1 Å². The van der Waals surface area contributed by atoms with Gasteiger partial charge in [-0.1, -0.05) is 90.1 Å². The molecule has 0 saturated heterocycles. The number of fused-ring (bicyclic) bond motifs is 1. The van der Waals surface area contributed by atoms with E-state index in [9.17, 15) is 10.2 Å². The molecular weight excluding hydrogens is 645 g/mol. The van der Waals surface area contributed by atoms with Crippen LogP contribution in [0.15, 0.2) is 146 Å². The van der Waals surface area contributed by atoms with Crippen LogP contribution >= 0.6 is 0 Å². The van der Waals surface area contributed by atoms with Crippen LogP contribution in [0.3, 0.4) is 0 Å². The minimum atomic E-state index is -0.0589. The van der Waals surface area contributed by atoms with Crippen LogP contribution in [0.5, 0.6) is 34.5 Å². The van der Waals surface area contributed by atoms with Gasteiger partial charge in [-0.15, -0.1) is 0 Å². The second-order valence-electron chi connectivity index (χ2n) is 11.7. The predicted molar refractivity (Wildman–Crippen MR) is 206 cm³/mol. The van der Waals surface area contributed by atoms with E-state index in [0.717, 1.165) is 16.7 Å². The molecule has 0 bridgehead atoms. The lowest BCUT2D eigenvalue weighted by Gasteiger charge is -2.18. The van der Waals surface area contributed by atoms with E-state index in [2.05, 4.69) is 35.5 Å². The fourth-order valence-corrected chi connectivity index (χ4v) is 5.42. The van der Waals surface area contributed by atoms with Gasteiger partial charge in [0, 0.05) is 50.7 Å². The number of phenolic OH excluding ortho intramolecular Hbond substituents is 2. The molecule has 6 heteroatoms. The summed E-state index contributed by atoms with van der Waals surface area (Å²) >= 11 is 0. The highest BCUT2D eigenvalue weighted by atomic mass is 16.5. The van der Waals surface area contributed by atoms with Crippen LogP contribution in [0.2, 0.25) is 0 Å². The molecule has 0 aliphatic carbocycles. The van der Waals surface area contributed by atoms with E-state index in [0.29, 0.717) is 50.5 Å². The topological polar surface area (TPSA) is 111 Å². The third kappa shape index (κ3) is 7.46. The van der Waals surface area contributed by atoms with Crippen LogP contribution < -0.4 is 20.9 Å². The number of hydrogen-bond donors (Lipinski definition) is 4. The van der Waals surface area contributed by atoms with Crippen molar-refractivity contribution in [3.63, 3.8) is 0 Å². The molecule has 52 heavy (non-hydrogen) atoms. The van der Waals surface area contributed by atoms with Crippen molar-refractivity contribution in [1.82, 2.24) is 0 Å². The van der Waals surface area contributed by atoms with Gasteiger partial charge in [0.15, 0.2) is 0 Å². The van der Waals surface area contributed by atoms with Crippen LogP contribution in [0, 0.1) is 35.5 Å². The van der Waals surface area contributed by atoms with E-state index in [1.54, 1.807) is 24.3 Å². The zero-order valence-electron chi connectivity index (χ0n) is 27.7. The predicted octanol–water partition coefficient (Wildman–Crippen LogP) is 9.20. The molecule has 0 aliphatic rings. The lowest BCUT2D eigenvalue weighted by atomic mass is 9.93. The van der Waals surface area contributed by atoms with Gasteiger partial charge in [0.1, 0.15) is 34.5 Å². The first-order valence-electron chi connectivity index (χ1n) is 16.3. The Morgan fingerprint density at radius 2 is 0.865 bits per heavy atom. The molecule has 7 aromatic carbocycles. The molecule has 6 nitrogen and oxygen atoms in total. The number of phenols is 2. The fourth-order valence-electron chi connectivity index (χ4n) is 5.42. The summed E-state index contributed by atoms with van der Waals surface area (Å²) in [6.07, 6.45) is 0. The number of aromatic hydroxyl groups is 2. The van der Waals surface area contributed by atoms with Gasteiger partial charge in [0.05, 0.1) is 16.9 Å². The molecule has 0 fully saturated rings. The van der Waals surface area contributed by atoms with Gasteiger partial charge in [-0.05, 0) is 78.9 Å². The van der Waals surface area contributed by atoms with Gasteiger partial charge in [-0.3, -0.25) is 0 Å². The highest BCUT2D eigenvalue weighted by molar-refractivity contribution is 6.03. The van der Waals surface area contributed by atoms with Crippen LogP contribution in [-0.4, -0.2) is 10.2 Å². The van der Waals surface area contributed by atoms with Crippen molar-refractivity contribution in [3.05, 3.63) is 179 Å². The Labute approximate surface area is 301 Å². The van der Waals surface area contributed by atoms with Gasteiger partial charge < -0.3 is 31.2 Å². The van der Waals surface area contributed by atoms with Crippen molar-refractivity contribution in [3.8, 4) is 70.0 Å². The normalized spacial score (nSPS) is 10.2. The van der Waals surface area contributed by atoms with E-state index < -0.39 is 0 Å². The van der Waals surface area contributed by atoms with E-state index in [1.807, 2.05) is 109 Å². The van der Waals surface area contributed by atoms with Crippen LogP contribution in [0.4, 0.5) is 11.4 Å². The van der Waals surface area contributed by atoms with Gasteiger partial charge >= 0.3 is 0 Å². The average molecular weight is 675 g/mol. The molecule has 0 saturated carbocycles. The molecule has 7 rings (SSSR count). The number of hydrogen-bond acceptors (Lipinski definition) is 6. The zero-order chi connectivity index (χ0) is 35.9. The molecule has 0 atom stereocenters. The number of benzene rings is 7. The standard InChI is InChI=1S/C46H30N2O4/c47-39-29-36(22-25-41(39)49)51-43-27-21-34(19-16-31-10-4-1-5-11-31)45-44(52-37-23-26-42(50)40(48)30-37)28-35(20-17-32-12-6-2-7-13-32)38(46(43)45)24-18-33-14-8-3-9-15-33/h1-15,21-23,25-30,49-50H,47-48H2. The number of anilines is 2. The maximum Gasteiger partial charge on any atom is 0.138 e. The van der Waals surface area contributed by atoms with Gasteiger partial charge in [-0.25, -0.2) is 0 Å². The Morgan fingerprint density at radius 3 is 1.37 bits per heavy atom. The molecule has 0 unspecified atom stereocenters. The highest BCUT2D eigenvalue weighted by Gasteiger charge is 2.20. The average Bonchev–Trinajstić information content (AvgIpc) is 3.17. The first kappa shape index (κ1) is 32.8. The molecule has 6 N–H and O–H groups in total. The number of nitrogen functional groups attached to an aromatic ring is 2. The minimum absolute atomic E-state index is 0.0551. The monoisotopic (exact) mass is 674 g/mol. The second kappa shape index (κ2) is 14.8. The number of rotatable bonds is 4. The van der Waals surface area contributed by atoms with E-state index >= 15 is 0 Å². The van der Waals surface area contributed by atoms with E-state index in [1.165, 1.54) is 12.1 Å². The number of ether oxygens (including phenoxy) is 2. The van der Waals surface area contributed by atoms with E-state index in [-0.39, 0.29) is 22.9 Å². The van der Waals surface area contributed by atoms with Gasteiger partial charge in [0.2, 0.25) is 0 Å². The molecule has 248 valence electrons. The summed E-state index contributed by atoms with van der Waals surface area (Å²) in [5, 5.41) is 21.5. The molecule has 0 aromatic heterocycles. The fraction of sp³-hybridized carbons (Fsp3) is 0. The Bertz CT molecular complexity index is 2620. The highest BCUT2D eigenvalue weighted by Crippen LogP contribution is 2.43. The van der Waals surface area contributed by atoms with Gasteiger partial charge in [0.25, 0.3) is 0 Å². The summed E-state index contributed by atoms with van der Waals surface area (Å²) in [6, 6.07) is 43.8. The molecule has 0 amide bonds. The first-order valence-corrected chi connectivity index (χ1v) is 16.3. The third-order valence-electron chi connectivity index (χ3n) is 8.00. The summed E-state index contributed by atoms with van der Waals surface area (Å²) in [5.74, 6) is 21.5.